The molecular formula is C13H22N2OS2. The number of methoxy groups -OCH3 is 1. The molecule has 0 saturated heterocycles. The Morgan fingerprint density at radius 1 is 1.50 bits per heavy atom. The lowest BCUT2D eigenvalue weighted by molar-refractivity contribution is 0.195. The van der Waals surface area contributed by atoms with Crippen LogP contribution < -0.4 is 10.6 Å². The van der Waals surface area contributed by atoms with E-state index in [1.807, 2.05) is 11.3 Å². The van der Waals surface area contributed by atoms with E-state index < -0.39 is 0 Å². The molecule has 102 valence electrons. The molecule has 18 heavy (non-hydrogen) atoms. The van der Waals surface area contributed by atoms with Gasteiger partial charge < -0.3 is 15.4 Å². The summed E-state index contributed by atoms with van der Waals surface area (Å²) in [5, 5.41) is 7.21. The summed E-state index contributed by atoms with van der Waals surface area (Å²) in [5.41, 5.74) is 1.33. The molecule has 0 aliphatic heterocycles. The third-order valence-corrected chi connectivity index (χ3v) is 3.95. The average molecular weight is 286 g/mol. The van der Waals surface area contributed by atoms with Gasteiger partial charge in [-0.25, -0.2) is 0 Å². The molecule has 0 spiro atoms. The van der Waals surface area contributed by atoms with E-state index in [0.717, 1.165) is 19.6 Å². The Morgan fingerprint density at radius 2 is 2.22 bits per heavy atom. The standard InChI is InChI=1S/C13H22N2OS2/c1-9-8-12(11(3)18-9)10(2)15-13(17)14-6-5-7-16-4/h8,10H,5-7H2,1-4H3,(H2,14,15,17). The van der Waals surface area contributed by atoms with E-state index in [1.165, 1.54) is 15.3 Å². The molecule has 2 N–H and O–H groups in total. The highest BCUT2D eigenvalue weighted by atomic mass is 32.1. The molecule has 1 atom stereocenters. The third kappa shape index (κ3) is 4.92. The van der Waals surface area contributed by atoms with Crippen LogP contribution >= 0.6 is 23.6 Å². The Balaban J connectivity index is 2.37. The van der Waals surface area contributed by atoms with Gasteiger partial charge in [-0.3, -0.25) is 0 Å². The molecule has 1 unspecified atom stereocenters. The van der Waals surface area contributed by atoms with Gasteiger partial charge in [0, 0.05) is 30.0 Å². The Kier molecular flexibility index (Phi) is 6.60. The monoisotopic (exact) mass is 286 g/mol. The van der Waals surface area contributed by atoms with E-state index in [1.54, 1.807) is 7.11 Å². The highest BCUT2D eigenvalue weighted by molar-refractivity contribution is 7.80. The van der Waals surface area contributed by atoms with Gasteiger partial charge in [0.15, 0.2) is 5.11 Å². The summed E-state index contributed by atoms with van der Waals surface area (Å²) in [6.07, 6.45) is 0.962. The van der Waals surface area contributed by atoms with Crippen LogP contribution in [0.2, 0.25) is 0 Å². The fourth-order valence-corrected chi connectivity index (χ4v) is 3.13. The molecule has 1 rings (SSSR count). The minimum absolute atomic E-state index is 0.248. The third-order valence-electron chi connectivity index (χ3n) is 2.70. The van der Waals surface area contributed by atoms with Crippen LogP contribution in [-0.2, 0) is 4.74 Å². The van der Waals surface area contributed by atoms with Gasteiger partial charge in [0.05, 0.1) is 6.04 Å². The van der Waals surface area contributed by atoms with E-state index in [2.05, 4.69) is 37.5 Å². The maximum atomic E-state index is 5.27. The summed E-state index contributed by atoms with van der Waals surface area (Å²) in [6, 6.07) is 2.47. The van der Waals surface area contributed by atoms with Crippen molar-refractivity contribution in [1.29, 1.82) is 0 Å². The molecule has 0 aromatic carbocycles. The molecule has 1 aromatic rings. The van der Waals surface area contributed by atoms with Crippen molar-refractivity contribution in [2.24, 2.45) is 0 Å². The molecule has 0 fully saturated rings. The second kappa shape index (κ2) is 7.71. The molecule has 5 heteroatoms. The quantitative estimate of drug-likeness (QED) is 0.622. The van der Waals surface area contributed by atoms with Gasteiger partial charge in [-0.2, -0.15) is 0 Å². The molecule has 0 radical (unpaired) electrons. The molecule has 0 amide bonds. The second-order valence-corrected chi connectivity index (χ2v) is 6.21. The predicted octanol–water partition coefficient (Wildman–Crippen LogP) is 2.93. The van der Waals surface area contributed by atoms with Crippen molar-refractivity contribution in [1.82, 2.24) is 10.6 Å². The number of rotatable bonds is 6. The normalized spacial score (nSPS) is 12.2. The first-order valence-corrected chi connectivity index (χ1v) is 7.37. The zero-order valence-electron chi connectivity index (χ0n) is 11.5. The van der Waals surface area contributed by atoms with Crippen molar-refractivity contribution in [3.8, 4) is 0 Å². The predicted molar refractivity (Wildman–Crippen MR) is 82.4 cm³/mol. The number of ether oxygens (including phenoxy) is 1. The molecule has 0 aliphatic carbocycles. The number of aryl methyl sites for hydroxylation is 2. The second-order valence-electron chi connectivity index (χ2n) is 4.34. The molecule has 1 aromatic heterocycles. The van der Waals surface area contributed by atoms with E-state index in [-0.39, 0.29) is 6.04 Å². The maximum Gasteiger partial charge on any atom is 0.166 e. The maximum absolute atomic E-state index is 5.27. The summed E-state index contributed by atoms with van der Waals surface area (Å²) >= 11 is 7.10. The summed E-state index contributed by atoms with van der Waals surface area (Å²) in [6.45, 7) is 8.02. The summed E-state index contributed by atoms with van der Waals surface area (Å²) in [7, 11) is 1.71. The van der Waals surface area contributed by atoms with Gasteiger partial charge >= 0.3 is 0 Å². The summed E-state index contributed by atoms with van der Waals surface area (Å²) < 4.78 is 4.99. The van der Waals surface area contributed by atoms with Gasteiger partial charge in [-0.05, 0) is 51.0 Å². The van der Waals surface area contributed by atoms with E-state index >= 15 is 0 Å². The van der Waals surface area contributed by atoms with Gasteiger partial charge in [0.25, 0.3) is 0 Å². The van der Waals surface area contributed by atoms with Crippen LogP contribution in [0.15, 0.2) is 6.07 Å². The van der Waals surface area contributed by atoms with E-state index in [9.17, 15) is 0 Å². The van der Waals surface area contributed by atoms with Crippen LogP contribution in [-0.4, -0.2) is 25.4 Å². The van der Waals surface area contributed by atoms with Crippen LogP contribution in [0.4, 0.5) is 0 Å². The van der Waals surface area contributed by atoms with Crippen LogP contribution in [0.25, 0.3) is 0 Å². The average Bonchev–Trinajstić information content (AvgIpc) is 2.64. The highest BCUT2D eigenvalue weighted by Crippen LogP contribution is 2.25. The minimum Gasteiger partial charge on any atom is -0.385 e. The van der Waals surface area contributed by atoms with Crippen LogP contribution in [0.5, 0.6) is 0 Å². The molecular weight excluding hydrogens is 264 g/mol. The Labute approximate surface area is 119 Å². The molecule has 0 saturated carbocycles. The largest absolute Gasteiger partial charge is 0.385 e. The van der Waals surface area contributed by atoms with Crippen LogP contribution in [0.3, 0.4) is 0 Å². The first kappa shape index (κ1) is 15.4. The van der Waals surface area contributed by atoms with Gasteiger partial charge in [-0.15, -0.1) is 11.3 Å². The van der Waals surface area contributed by atoms with Crippen LogP contribution in [0.1, 0.15) is 34.7 Å². The van der Waals surface area contributed by atoms with Crippen molar-refractivity contribution in [2.75, 3.05) is 20.3 Å². The number of nitrogens with one attached hydrogen (secondary N) is 2. The van der Waals surface area contributed by atoms with Crippen molar-refractivity contribution in [2.45, 2.75) is 33.2 Å². The number of hydrogen-bond donors (Lipinski definition) is 2. The SMILES string of the molecule is COCCCNC(=S)NC(C)c1cc(C)sc1C. The lowest BCUT2D eigenvalue weighted by Crippen LogP contribution is -2.37. The van der Waals surface area contributed by atoms with Crippen LogP contribution in [0, 0.1) is 13.8 Å². The van der Waals surface area contributed by atoms with E-state index in [4.69, 9.17) is 17.0 Å². The highest BCUT2D eigenvalue weighted by Gasteiger charge is 2.11. The van der Waals surface area contributed by atoms with Crippen molar-refractivity contribution in [3.63, 3.8) is 0 Å². The topological polar surface area (TPSA) is 33.3 Å². The number of hydrogen-bond acceptors (Lipinski definition) is 3. The van der Waals surface area contributed by atoms with Crippen molar-refractivity contribution < 1.29 is 4.74 Å². The van der Waals surface area contributed by atoms with E-state index in [0.29, 0.717) is 5.11 Å². The summed E-state index contributed by atoms with van der Waals surface area (Å²) in [5.74, 6) is 0. The first-order chi connectivity index (χ1) is 8.54. The minimum atomic E-state index is 0.248. The number of thiocarbonyl (C=S) groups is 1. The first-order valence-electron chi connectivity index (χ1n) is 6.14. The van der Waals surface area contributed by atoms with Gasteiger partial charge in [0.2, 0.25) is 0 Å². The molecule has 3 nitrogen and oxygen atoms in total. The summed E-state index contributed by atoms with van der Waals surface area (Å²) in [4.78, 5) is 2.70. The molecule has 0 bridgehead atoms. The lowest BCUT2D eigenvalue weighted by Gasteiger charge is -2.17. The molecule has 0 aliphatic rings. The van der Waals surface area contributed by atoms with Gasteiger partial charge in [-0.1, -0.05) is 0 Å². The Bertz CT molecular complexity index is 390. The van der Waals surface area contributed by atoms with Crippen molar-refractivity contribution >= 4 is 28.7 Å². The lowest BCUT2D eigenvalue weighted by atomic mass is 10.1. The fourth-order valence-electron chi connectivity index (χ4n) is 1.82. The fraction of sp³-hybridized carbons (Fsp3) is 0.615. The molecule has 1 heterocycles. The zero-order valence-corrected chi connectivity index (χ0v) is 13.1. The zero-order chi connectivity index (χ0) is 13.5. The Morgan fingerprint density at radius 3 is 2.78 bits per heavy atom. The van der Waals surface area contributed by atoms with Gasteiger partial charge in [0.1, 0.15) is 0 Å². The smallest absolute Gasteiger partial charge is 0.166 e. The van der Waals surface area contributed by atoms with Crippen molar-refractivity contribution in [3.05, 3.63) is 21.4 Å². The Hall–Kier alpha value is -0.650. The number of thiophene rings is 1.